The Balaban J connectivity index is 1.67. The van der Waals surface area contributed by atoms with Gasteiger partial charge in [-0.05, 0) is 44.8 Å². The third-order valence-corrected chi connectivity index (χ3v) is 5.77. The summed E-state index contributed by atoms with van der Waals surface area (Å²) in [6, 6.07) is 9.88. The average Bonchev–Trinajstić information content (AvgIpc) is 3.31. The lowest BCUT2D eigenvalue weighted by Crippen LogP contribution is -2.28. The van der Waals surface area contributed by atoms with Crippen LogP contribution in [0.4, 0.5) is 17.5 Å². The van der Waals surface area contributed by atoms with Crippen molar-refractivity contribution in [1.29, 1.82) is 5.26 Å². The van der Waals surface area contributed by atoms with Gasteiger partial charge in [-0.3, -0.25) is 0 Å². The molecule has 3 aromatic rings. The Hall–Kier alpha value is -3.48. The maximum absolute atomic E-state index is 9.94. The number of hydrogen-bond acceptors (Lipinski definition) is 8. The molecule has 1 aliphatic rings. The van der Waals surface area contributed by atoms with Crippen LogP contribution in [0.2, 0.25) is 0 Å². The van der Waals surface area contributed by atoms with Crippen molar-refractivity contribution >= 4 is 17.5 Å². The number of hydrogen-bond donors (Lipinski definition) is 3. The Morgan fingerprint density at radius 2 is 2.16 bits per heavy atom. The second kappa shape index (κ2) is 8.57. The van der Waals surface area contributed by atoms with Gasteiger partial charge in [0.25, 0.3) is 0 Å². The number of aliphatic hydroxyl groups excluding tert-OH is 1. The first-order valence-electron chi connectivity index (χ1n) is 10.6. The fraction of sp³-hybridized carbons (Fsp3) is 0.391. The molecule has 3 heterocycles. The van der Waals surface area contributed by atoms with Crippen molar-refractivity contribution in [3.63, 3.8) is 0 Å². The molecule has 0 saturated heterocycles. The molecule has 0 saturated carbocycles. The second-order valence-electron chi connectivity index (χ2n) is 8.72. The molecule has 9 heteroatoms. The highest BCUT2D eigenvalue weighted by molar-refractivity contribution is 5.76. The first-order valence-corrected chi connectivity index (χ1v) is 10.6. The predicted molar refractivity (Wildman–Crippen MR) is 124 cm³/mol. The van der Waals surface area contributed by atoms with Crippen molar-refractivity contribution in [3.05, 3.63) is 47.3 Å². The van der Waals surface area contributed by atoms with E-state index in [-0.39, 0.29) is 6.61 Å². The van der Waals surface area contributed by atoms with E-state index in [1.807, 2.05) is 56.9 Å². The van der Waals surface area contributed by atoms with Gasteiger partial charge in [-0.15, -0.1) is 0 Å². The molecule has 1 aliphatic heterocycles. The summed E-state index contributed by atoms with van der Waals surface area (Å²) < 4.78 is 1.91. The maximum atomic E-state index is 9.94. The molecule has 1 aromatic carbocycles. The monoisotopic (exact) mass is 432 g/mol. The number of nitrogens with zero attached hydrogens (tertiary/aromatic N) is 6. The van der Waals surface area contributed by atoms with Gasteiger partial charge in [-0.25, -0.2) is 14.6 Å². The molecule has 1 unspecified atom stereocenters. The van der Waals surface area contributed by atoms with Crippen LogP contribution in [-0.2, 0) is 12.0 Å². The molecular weight excluding hydrogens is 404 g/mol. The number of benzene rings is 1. The Kier molecular flexibility index (Phi) is 5.82. The van der Waals surface area contributed by atoms with Crippen molar-refractivity contribution in [3.8, 4) is 17.3 Å². The molecule has 0 radical (unpaired) electrons. The van der Waals surface area contributed by atoms with Crippen molar-refractivity contribution < 1.29 is 5.11 Å². The second-order valence-corrected chi connectivity index (χ2v) is 8.72. The number of anilines is 3. The summed E-state index contributed by atoms with van der Waals surface area (Å²) in [5.74, 6) is 1.28. The molecule has 166 valence electrons. The number of fused-ring (bicyclic) bond motifs is 1. The van der Waals surface area contributed by atoms with Crippen molar-refractivity contribution in [2.45, 2.75) is 25.8 Å². The minimum atomic E-state index is -0.443. The predicted octanol–water partition coefficient (Wildman–Crippen LogP) is 2.50. The van der Waals surface area contributed by atoms with E-state index < -0.39 is 5.41 Å². The summed E-state index contributed by atoms with van der Waals surface area (Å²) in [5, 5.41) is 30.7. The van der Waals surface area contributed by atoms with Gasteiger partial charge in [0.05, 0.1) is 35.8 Å². The van der Waals surface area contributed by atoms with Crippen LogP contribution in [-0.4, -0.2) is 63.5 Å². The van der Waals surface area contributed by atoms with Crippen molar-refractivity contribution in [1.82, 2.24) is 24.6 Å². The van der Waals surface area contributed by atoms with E-state index in [9.17, 15) is 10.4 Å². The lowest BCUT2D eigenvalue weighted by Gasteiger charge is -2.21. The summed E-state index contributed by atoms with van der Waals surface area (Å²) in [6.45, 7) is 6.13. The Bertz CT molecular complexity index is 1180. The molecule has 0 amide bonds. The summed E-state index contributed by atoms with van der Waals surface area (Å²) >= 11 is 0. The van der Waals surface area contributed by atoms with Gasteiger partial charge < -0.3 is 20.6 Å². The van der Waals surface area contributed by atoms with E-state index >= 15 is 0 Å². The van der Waals surface area contributed by atoms with E-state index in [1.54, 1.807) is 6.20 Å². The van der Waals surface area contributed by atoms with Crippen LogP contribution >= 0.6 is 0 Å². The van der Waals surface area contributed by atoms with E-state index in [0.717, 1.165) is 41.4 Å². The molecule has 4 rings (SSSR count). The normalized spacial score (nSPS) is 17.2. The van der Waals surface area contributed by atoms with E-state index in [0.29, 0.717) is 23.8 Å². The molecule has 3 N–H and O–H groups in total. The van der Waals surface area contributed by atoms with E-state index in [4.69, 9.17) is 4.98 Å². The summed E-state index contributed by atoms with van der Waals surface area (Å²) in [7, 11) is 4.05. The Labute approximate surface area is 187 Å². The fourth-order valence-corrected chi connectivity index (χ4v) is 3.87. The highest BCUT2D eigenvalue weighted by Gasteiger charge is 2.35. The van der Waals surface area contributed by atoms with Crippen LogP contribution in [0.3, 0.4) is 0 Å². The van der Waals surface area contributed by atoms with Gasteiger partial charge in [-0.1, -0.05) is 6.92 Å². The molecule has 0 bridgehead atoms. The van der Waals surface area contributed by atoms with Gasteiger partial charge in [0.15, 0.2) is 0 Å². The minimum Gasteiger partial charge on any atom is -0.395 e. The van der Waals surface area contributed by atoms with Crippen LogP contribution in [0.1, 0.15) is 23.7 Å². The molecule has 9 nitrogen and oxygen atoms in total. The highest BCUT2D eigenvalue weighted by Crippen LogP contribution is 2.41. The molecule has 32 heavy (non-hydrogen) atoms. The summed E-state index contributed by atoms with van der Waals surface area (Å²) in [5.41, 5.74) is 4.24. The maximum Gasteiger partial charge on any atom is 0.228 e. The number of aromatic nitrogens is 4. The minimum absolute atomic E-state index is 0.00576. The molecular formula is C23H28N8O. The standard InChI is InChI=1S/C23H28N8O/c1-15-9-20(31(29-15)8-7-30(3)4)28-22-25-6-5-19(27-22)16-10-17(12-24)21-18(11-16)23(2,14-32)13-26-21/h5-6,9-11,26,32H,7-8,13-14H2,1-4H3,(H,25,27,28). The van der Waals surface area contributed by atoms with Gasteiger partial charge in [-0.2, -0.15) is 10.4 Å². The zero-order valence-electron chi connectivity index (χ0n) is 18.8. The summed E-state index contributed by atoms with van der Waals surface area (Å²) in [6.07, 6.45) is 1.70. The molecule has 0 spiro atoms. The lowest BCUT2D eigenvalue weighted by molar-refractivity contribution is 0.219. The number of likely N-dealkylation sites (N-methyl/N-ethyl adjacent to an activating group) is 1. The third kappa shape index (κ3) is 4.15. The van der Waals surface area contributed by atoms with Crippen LogP contribution < -0.4 is 10.6 Å². The first-order chi connectivity index (χ1) is 15.3. The quantitative estimate of drug-likeness (QED) is 0.522. The fourth-order valence-electron chi connectivity index (χ4n) is 3.87. The number of aliphatic hydroxyl groups is 1. The number of rotatable bonds is 7. The Morgan fingerprint density at radius 3 is 2.88 bits per heavy atom. The number of nitrogens with one attached hydrogen (secondary N) is 2. The SMILES string of the molecule is Cc1cc(Nc2nccc(-c3cc(C#N)c4c(c3)C(C)(CO)CN4)n2)n(CCN(C)C)n1. The van der Waals surface area contributed by atoms with Crippen LogP contribution in [0.25, 0.3) is 11.3 Å². The zero-order chi connectivity index (χ0) is 22.9. The van der Waals surface area contributed by atoms with E-state index in [1.165, 1.54) is 0 Å². The highest BCUT2D eigenvalue weighted by atomic mass is 16.3. The zero-order valence-corrected chi connectivity index (χ0v) is 18.8. The van der Waals surface area contributed by atoms with Crippen LogP contribution in [0.15, 0.2) is 30.5 Å². The molecule has 1 atom stereocenters. The summed E-state index contributed by atoms with van der Waals surface area (Å²) in [4.78, 5) is 11.2. The average molecular weight is 433 g/mol. The van der Waals surface area contributed by atoms with Crippen LogP contribution in [0.5, 0.6) is 0 Å². The van der Waals surface area contributed by atoms with Crippen LogP contribution in [0, 0.1) is 18.3 Å². The first kappa shape index (κ1) is 21.7. The van der Waals surface area contributed by atoms with E-state index in [2.05, 4.69) is 31.7 Å². The van der Waals surface area contributed by atoms with Gasteiger partial charge in [0.1, 0.15) is 11.9 Å². The van der Waals surface area contributed by atoms with Gasteiger partial charge in [0.2, 0.25) is 5.95 Å². The van der Waals surface area contributed by atoms with Gasteiger partial charge in [0, 0.05) is 36.3 Å². The topological polar surface area (TPSA) is 115 Å². The largest absolute Gasteiger partial charge is 0.395 e. The van der Waals surface area contributed by atoms with Crippen molar-refractivity contribution in [2.24, 2.45) is 0 Å². The molecule has 2 aromatic heterocycles. The number of aryl methyl sites for hydroxylation is 1. The molecule has 0 aliphatic carbocycles. The Morgan fingerprint density at radius 1 is 1.34 bits per heavy atom. The lowest BCUT2D eigenvalue weighted by atomic mass is 9.83. The van der Waals surface area contributed by atoms with Crippen molar-refractivity contribution in [2.75, 3.05) is 44.4 Å². The smallest absolute Gasteiger partial charge is 0.228 e. The molecule has 0 fully saturated rings. The van der Waals surface area contributed by atoms with Gasteiger partial charge >= 0.3 is 0 Å². The third-order valence-electron chi connectivity index (χ3n) is 5.77. The number of nitriles is 1.